The summed E-state index contributed by atoms with van der Waals surface area (Å²) in [4.78, 5) is 6.09. The van der Waals surface area contributed by atoms with E-state index in [0.29, 0.717) is 13.2 Å². The van der Waals surface area contributed by atoms with Crippen molar-refractivity contribution in [3.63, 3.8) is 0 Å². The van der Waals surface area contributed by atoms with Gasteiger partial charge in [0.05, 0.1) is 18.3 Å². The van der Waals surface area contributed by atoms with E-state index in [4.69, 9.17) is 10.5 Å². The van der Waals surface area contributed by atoms with E-state index in [2.05, 4.69) is 22.1 Å². The monoisotopic (exact) mass is 304 g/mol. The number of hydrogen-bond acceptors (Lipinski definition) is 5. The summed E-state index contributed by atoms with van der Waals surface area (Å²) >= 11 is 0. The Morgan fingerprint density at radius 1 is 1.48 bits per heavy atom. The molecule has 0 radical (unpaired) electrons. The van der Waals surface area contributed by atoms with E-state index < -0.39 is 11.7 Å². The summed E-state index contributed by atoms with van der Waals surface area (Å²) in [7, 11) is 0. The molecule has 118 valence electrons. The van der Waals surface area contributed by atoms with Crippen LogP contribution in [0, 0.1) is 0 Å². The van der Waals surface area contributed by atoms with Gasteiger partial charge in [-0.05, 0) is 18.7 Å². The standard InChI is InChI=1S/C13H19F3N4O/c1-2-20-3-4-21-10(8-20)7-18-12-6-9(13(14,15)16)5-11(17)19-12/h5-6,10H,2-4,7-8H2,1H3,(H3,17,18,19). The highest BCUT2D eigenvalue weighted by atomic mass is 19.4. The molecule has 0 bridgehead atoms. The molecule has 1 atom stereocenters. The van der Waals surface area contributed by atoms with Gasteiger partial charge in [0.15, 0.2) is 0 Å². The molecule has 0 aliphatic carbocycles. The van der Waals surface area contributed by atoms with E-state index in [9.17, 15) is 13.2 Å². The maximum absolute atomic E-state index is 12.7. The number of ether oxygens (including phenoxy) is 1. The molecule has 0 amide bonds. The number of alkyl halides is 3. The van der Waals surface area contributed by atoms with Crippen LogP contribution >= 0.6 is 0 Å². The van der Waals surface area contributed by atoms with Crippen LogP contribution in [0.3, 0.4) is 0 Å². The molecule has 1 aliphatic heterocycles. The van der Waals surface area contributed by atoms with Gasteiger partial charge in [0, 0.05) is 19.6 Å². The van der Waals surface area contributed by atoms with E-state index in [0.717, 1.165) is 31.8 Å². The summed E-state index contributed by atoms with van der Waals surface area (Å²) in [5.41, 5.74) is 4.61. The lowest BCUT2D eigenvalue weighted by Crippen LogP contribution is -2.45. The lowest BCUT2D eigenvalue weighted by molar-refractivity contribution is -0.137. The van der Waals surface area contributed by atoms with Crippen molar-refractivity contribution in [2.75, 3.05) is 43.8 Å². The predicted molar refractivity (Wildman–Crippen MR) is 74.0 cm³/mol. The van der Waals surface area contributed by atoms with Crippen LogP contribution < -0.4 is 11.1 Å². The number of halogens is 3. The fraction of sp³-hybridized carbons (Fsp3) is 0.615. The van der Waals surface area contributed by atoms with Crippen LogP contribution in [-0.2, 0) is 10.9 Å². The summed E-state index contributed by atoms with van der Waals surface area (Å²) in [5, 5.41) is 2.87. The topological polar surface area (TPSA) is 63.4 Å². The minimum Gasteiger partial charge on any atom is -0.384 e. The highest BCUT2D eigenvalue weighted by Crippen LogP contribution is 2.31. The smallest absolute Gasteiger partial charge is 0.384 e. The Bertz CT molecular complexity index is 481. The number of hydrogen-bond donors (Lipinski definition) is 2. The van der Waals surface area contributed by atoms with Gasteiger partial charge < -0.3 is 15.8 Å². The summed E-state index contributed by atoms with van der Waals surface area (Å²) in [6.45, 7) is 5.63. The molecule has 1 unspecified atom stereocenters. The van der Waals surface area contributed by atoms with Gasteiger partial charge in [0.1, 0.15) is 11.6 Å². The Morgan fingerprint density at radius 2 is 2.24 bits per heavy atom. The SMILES string of the molecule is CCN1CCOC(CNc2cc(C(F)(F)F)cc(N)n2)C1. The molecule has 0 spiro atoms. The van der Waals surface area contributed by atoms with E-state index in [1.54, 1.807) is 0 Å². The molecule has 3 N–H and O–H groups in total. The number of nitrogens with one attached hydrogen (secondary N) is 1. The fourth-order valence-electron chi connectivity index (χ4n) is 2.22. The zero-order valence-corrected chi connectivity index (χ0v) is 11.8. The van der Waals surface area contributed by atoms with Crippen molar-refractivity contribution in [2.45, 2.75) is 19.2 Å². The summed E-state index contributed by atoms with van der Waals surface area (Å²) < 4.78 is 43.7. The molecule has 2 rings (SSSR count). The molecule has 1 aromatic rings. The summed E-state index contributed by atoms with van der Waals surface area (Å²) in [5.74, 6) is -0.0494. The first-order valence-electron chi connectivity index (χ1n) is 6.81. The molecular formula is C13H19F3N4O. The summed E-state index contributed by atoms with van der Waals surface area (Å²) in [6.07, 6.45) is -4.51. The van der Waals surface area contributed by atoms with Gasteiger partial charge in [-0.2, -0.15) is 13.2 Å². The van der Waals surface area contributed by atoms with Gasteiger partial charge in [0.2, 0.25) is 0 Å². The van der Waals surface area contributed by atoms with Crippen LogP contribution in [-0.4, -0.2) is 48.8 Å². The molecule has 1 aromatic heterocycles. The second-order valence-electron chi connectivity index (χ2n) is 4.93. The third-order valence-electron chi connectivity index (χ3n) is 3.35. The van der Waals surface area contributed by atoms with Crippen LogP contribution in [0.15, 0.2) is 12.1 Å². The molecule has 0 saturated carbocycles. The third-order valence-corrected chi connectivity index (χ3v) is 3.35. The number of nitrogen functional groups attached to an aromatic ring is 1. The number of pyridine rings is 1. The van der Waals surface area contributed by atoms with Crippen LogP contribution in [0.1, 0.15) is 12.5 Å². The Labute approximate surface area is 121 Å². The quantitative estimate of drug-likeness (QED) is 0.888. The van der Waals surface area contributed by atoms with Crippen LogP contribution in [0.2, 0.25) is 0 Å². The number of morpholine rings is 1. The molecule has 8 heteroatoms. The molecule has 1 fully saturated rings. The van der Waals surface area contributed by atoms with Crippen molar-refractivity contribution in [3.8, 4) is 0 Å². The Kier molecular flexibility index (Phi) is 4.89. The molecule has 5 nitrogen and oxygen atoms in total. The normalized spacial score (nSPS) is 20.5. The number of nitrogens with zero attached hydrogens (tertiary/aromatic N) is 2. The third kappa shape index (κ3) is 4.47. The number of rotatable bonds is 4. The Balaban J connectivity index is 1.98. The number of nitrogens with two attached hydrogens (primary N) is 1. The Morgan fingerprint density at radius 3 is 2.90 bits per heavy atom. The first kappa shape index (κ1) is 15.8. The van der Waals surface area contributed by atoms with Crippen molar-refractivity contribution in [2.24, 2.45) is 0 Å². The van der Waals surface area contributed by atoms with Crippen LogP contribution in [0.4, 0.5) is 24.8 Å². The van der Waals surface area contributed by atoms with E-state index in [-0.39, 0.29) is 17.7 Å². The lowest BCUT2D eigenvalue weighted by Gasteiger charge is -2.32. The largest absolute Gasteiger partial charge is 0.416 e. The number of anilines is 2. The van der Waals surface area contributed by atoms with Crippen molar-refractivity contribution < 1.29 is 17.9 Å². The maximum atomic E-state index is 12.7. The van der Waals surface area contributed by atoms with Crippen molar-refractivity contribution in [3.05, 3.63) is 17.7 Å². The van der Waals surface area contributed by atoms with Gasteiger partial charge in [-0.1, -0.05) is 6.92 Å². The highest BCUT2D eigenvalue weighted by Gasteiger charge is 2.31. The first-order chi connectivity index (χ1) is 9.88. The zero-order valence-electron chi connectivity index (χ0n) is 11.8. The summed E-state index contributed by atoms with van der Waals surface area (Å²) in [6, 6.07) is 1.78. The minimum atomic E-state index is -4.44. The molecule has 2 heterocycles. The average molecular weight is 304 g/mol. The van der Waals surface area contributed by atoms with E-state index in [1.165, 1.54) is 0 Å². The molecule has 21 heavy (non-hydrogen) atoms. The molecule has 0 aromatic carbocycles. The number of likely N-dealkylation sites (N-methyl/N-ethyl adjacent to an activating group) is 1. The number of aromatic nitrogens is 1. The second-order valence-corrected chi connectivity index (χ2v) is 4.93. The van der Waals surface area contributed by atoms with Gasteiger partial charge >= 0.3 is 6.18 Å². The zero-order chi connectivity index (χ0) is 15.5. The predicted octanol–water partition coefficient (Wildman–Crippen LogP) is 1.82. The maximum Gasteiger partial charge on any atom is 0.416 e. The van der Waals surface area contributed by atoms with Crippen LogP contribution in [0.5, 0.6) is 0 Å². The van der Waals surface area contributed by atoms with E-state index >= 15 is 0 Å². The fourth-order valence-corrected chi connectivity index (χ4v) is 2.22. The average Bonchev–Trinajstić information content (AvgIpc) is 2.44. The molecule has 1 saturated heterocycles. The van der Waals surface area contributed by atoms with Gasteiger partial charge in [0.25, 0.3) is 0 Å². The first-order valence-corrected chi connectivity index (χ1v) is 6.81. The Hall–Kier alpha value is -1.54. The van der Waals surface area contributed by atoms with Gasteiger partial charge in [-0.3, -0.25) is 4.90 Å². The van der Waals surface area contributed by atoms with Crippen molar-refractivity contribution in [1.29, 1.82) is 0 Å². The van der Waals surface area contributed by atoms with Crippen molar-refractivity contribution in [1.82, 2.24) is 9.88 Å². The second kappa shape index (κ2) is 6.48. The minimum absolute atomic E-state index is 0.0729. The molecule has 1 aliphatic rings. The van der Waals surface area contributed by atoms with Crippen LogP contribution in [0.25, 0.3) is 0 Å². The highest BCUT2D eigenvalue weighted by molar-refractivity contribution is 5.47. The van der Waals surface area contributed by atoms with Crippen molar-refractivity contribution >= 4 is 11.6 Å². The lowest BCUT2D eigenvalue weighted by atomic mass is 10.2. The van der Waals surface area contributed by atoms with Gasteiger partial charge in [-0.15, -0.1) is 0 Å². The van der Waals surface area contributed by atoms with E-state index in [1.807, 2.05) is 0 Å². The molecular weight excluding hydrogens is 285 g/mol. The van der Waals surface area contributed by atoms with Gasteiger partial charge in [-0.25, -0.2) is 4.98 Å².